The van der Waals surface area contributed by atoms with Crippen molar-refractivity contribution in [3.8, 4) is 17.4 Å². The summed E-state index contributed by atoms with van der Waals surface area (Å²) in [5.41, 5.74) is 0.803. The van der Waals surface area contributed by atoms with Crippen molar-refractivity contribution in [3.63, 3.8) is 0 Å². The Hall–Kier alpha value is -3.13. The Labute approximate surface area is 212 Å². The molecule has 0 atom stereocenters. The van der Waals surface area contributed by atoms with Gasteiger partial charge in [-0.25, -0.2) is 8.42 Å². The second-order valence-electron chi connectivity index (χ2n) is 7.52. The van der Waals surface area contributed by atoms with Crippen LogP contribution in [0.2, 0.25) is 10.0 Å². The number of benzene rings is 2. The highest BCUT2D eigenvalue weighted by Gasteiger charge is 2.26. The number of nitrogens with one attached hydrogen (secondary N) is 1. The number of morpholine rings is 1. The lowest BCUT2D eigenvalue weighted by Crippen LogP contribution is -2.40. The molecule has 0 aliphatic carbocycles. The third kappa shape index (κ3) is 5.93. The lowest BCUT2D eigenvalue weighted by molar-refractivity contribution is -0.112. The number of carbonyl (C=O) groups excluding carboxylic acids is 1. The topological polar surface area (TPSA) is 113 Å². The Balaban J connectivity index is 1.49. The minimum atomic E-state index is -3.60. The molecule has 1 aliphatic heterocycles. The second kappa shape index (κ2) is 10.6. The minimum absolute atomic E-state index is 0.180. The Morgan fingerprint density at radius 2 is 1.69 bits per heavy atom. The first-order chi connectivity index (χ1) is 16.8. The van der Waals surface area contributed by atoms with E-state index in [0.29, 0.717) is 53.4 Å². The number of furan rings is 1. The zero-order chi connectivity index (χ0) is 25.0. The number of hydrogen-bond donors (Lipinski definition) is 1. The van der Waals surface area contributed by atoms with Crippen LogP contribution in [-0.2, 0) is 19.6 Å². The van der Waals surface area contributed by atoms with Crippen molar-refractivity contribution >= 4 is 50.9 Å². The van der Waals surface area contributed by atoms with E-state index in [0.717, 1.165) is 0 Å². The van der Waals surface area contributed by atoms with E-state index in [1.807, 2.05) is 6.07 Å². The summed E-state index contributed by atoms with van der Waals surface area (Å²) in [5.74, 6) is 0.0770. The van der Waals surface area contributed by atoms with Crippen molar-refractivity contribution in [3.05, 3.63) is 76.0 Å². The molecule has 2 heterocycles. The van der Waals surface area contributed by atoms with Crippen LogP contribution in [0.25, 0.3) is 17.4 Å². The first kappa shape index (κ1) is 25.0. The molecule has 1 fully saturated rings. The Kier molecular flexibility index (Phi) is 7.60. The van der Waals surface area contributed by atoms with Crippen LogP contribution in [0.4, 0.5) is 5.69 Å². The molecule has 0 unspecified atom stereocenters. The fraction of sp³-hybridized carbons (Fsp3) is 0.167. The van der Waals surface area contributed by atoms with E-state index in [1.165, 1.54) is 40.7 Å². The molecule has 1 aromatic heterocycles. The molecule has 180 valence electrons. The molecular formula is C24H19Cl2N3O5S. The average molecular weight is 532 g/mol. The normalized spacial score (nSPS) is 14.9. The minimum Gasteiger partial charge on any atom is -0.457 e. The summed E-state index contributed by atoms with van der Waals surface area (Å²) >= 11 is 11.9. The molecule has 8 nitrogen and oxygen atoms in total. The zero-order valence-corrected chi connectivity index (χ0v) is 20.5. The molecule has 0 spiro atoms. The maximum Gasteiger partial charge on any atom is 0.266 e. The summed E-state index contributed by atoms with van der Waals surface area (Å²) in [4.78, 5) is 12.7. The average Bonchev–Trinajstić information content (AvgIpc) is 3.31. The predicted molar refractivity (Wildman–Crippen MR) is 132 cm³/mol. The Bertz CT molecular complexity index is 1400. The summed E-state index contributed by atoms with van der Waals surface area (Å²) in [7, 11) is -3.60. The van der Waals surface area contributed by atoms with E-state index in [9.17, 15) is 18.5 Å². The van der Waals surface area contributed by atoms with E-state index in [2.05, 4.69) is 5.32 Å². The van der Waals surface area contributed by atoms with Gasteiger partial charge >= 0.3 is 0 Å². The number of sulfonamides is 1. The van der Waals surface area contributed by atoms with E-state index in [4.69, 9.17) is 32.4 Å². The monoisotopic (exact) mass is 531 g/mol. The van der Waals surface area contributed by atoms with Crippen molar-refractivity contribution in [2.45, 2.75) is 4.90 Å². The van der Waals surface area contributed by atoms with Gasteiger partial charge in [-0.3, -0.25) is 4.79 Å². The maximum atomic E-state index is 12.8. The van der Waals surface area contributed by atoms with Crippen molar-refractivity contribution in [1.82, 2.24) is 4.31 Å². The van der Waals surface area contributed by atoms with Crippen LogP contribution < -0.4 is 5.32 Å². The molecule has 0 saturated carbocycles. The molecule has 4 rings (SSSR count). The molecule has 1 amide bonds. The van der Waals surface area contributed by atoms with Crippen LogP contribution >= 0.6 is 23.2 Å². The largest absolute Gasteiger partial charge is 0.457 e. The fourth-order valence-corrected chi connectivity index (χ4v) is 5.36. The van der Waals surface area contributed by atoms with Gasteiger partial charge in [0.05, 0.1) is 18.1 Å². The number of amides is 1. The number of halogens is 2. The van der Waals surface area contributed by atoms with Crippen LogP contribution in [0, 0.1) is 11.3 Å². The van der Waals surface area contributed by atoms with E-state index >= 15 is 0 Å². The molecule has 2 aromatic carbocycles. The van der Waals surface area contributed by atoms with Gasteiger partial charge in [-0.2, -0.15) is 9.57 Å². The van der Waals surface area contributed by atoms with Crippen LogP contribution in [0.15, 0.2) is 69.5 Å². The van der Waals surface area contributed by atoms with Crippen LogP contribution in [0.3, 0.4) is 0 Å². The van der Waals surface area contributed by atoms with Crippen LogP contribution in [0.1, 0.15) is 5.76 Å². The second-order valence-corrected chi connectivity index (χ2v) is 10.3. The van der Waals surface area contributed by atoms with Crippen molar-refractivity contribution < 1.29 is 22.4 Å². The number of nitriles is 1. The number of rotatable bonds is 6. The summed E-state index contributed by atoms with van der Waals surface area (Å²) in [5, 5.41) is 12.7. The van der Waals surface area contributed by atoms with E-state index in [-0.39, 0.29) is 16.2 Å². The van der Waals surface area contributed by atoms with Gasteiger partial charge < -0.3 is 14.5 Å². The molecular weight excluding hydrogens is 513 g/mol. The Morgan fingerprint density at radius 3 is 2.31 bits per heavy atom. The van der Waals surface area contributed by atoms with Crippen LogP contribution in [0.5, 0.6) is 0 Å². The first-order valence-corrected chi connectivity index (χ1v) is 12.6. The van der Waals surface area contributed by atoms with E-state index in [1.54, 1.807) is 24.3 Å². The molecule has 1 N–H and O–H groups in total. The molecule has 0 radical (unpaired) electrons. The first-order valence-electron chi connectivity index (χ1n) is 10.4. The number of carbonyl (C=O) groups is 1. The highest BCUT2D eigenvalue weighted by molar-refractivity contribution is 7.89. The van der Waals surface area contributed by atoms with E-state index < -0.39 is 15.9 Å². The van der Waals surface area contributed by atoms with Gasteiger partial charge in [0, 0.05) is 40.5 Å². The molecule has 1 saturated heterocycles. The number of ether oxygens (including phenoxy) is 1. The summed E-state index contributed by atoms with van der Waals surface area (Å²) < 4.78 is 37.9. The smallest absolute Gasteiger partial charge is 0.266 e. The van der Waals surface area contributed by atoms with Crippen molar-refractivity contribution in [2.24, 2.45) is 0 Å². The van der Waals surface area contributed by atoms with Gasteiger partial charge in [0.15, 0.2) is 0 Å². The number of hydrogen-bond acceptors (Lipinski definition) is 6. The predicted octanol–water partition coefficient (Wildman–Crippen LogP) is 4.82. The summed E-state index contributed by atoms with van der Waals surface area (Å²) in [6.45, 7) is 1.37. The lowest BCUT2D eigenvalue weighted by Gasteiger charge is -2.26. The highest BCUT2D eigenvalue weighted by Crippen LogP contribution is 2.27. The van der Waals surface area contributed by atoms with Gasteiger partial charge in [0.1, 0.15) is 23.2 Å². The highest BCUT2D eigenvalue weighted by atomic mass is 35.5. The molecule has 3 aromatic rings. The van der Waals surface area contributed by atoms with Crippen molar-refractivity contribution in [2.75, 3.05) is 31.6 Å². The summed E-state index contributed by atoms with van der Waals surface area (Å²) in [6, 6.07) is 16.0. The molecule has 0 bridgehead atoms. The van der Waals surface area contributed by atoms with Gasteiger partial charge in [-0.1, -0.05) is 23.2 Å². The third-order valence-corrected chi connectivity index (χ3v) is 7.49. The van der Waals surface area contributed by atoms with Gasteiger partial charge in [-0.05, 0) is 54.6 Å². The SMILES string of the molecule is N#CC(=Cc1ccc(-c2ccc(S(=O)(=O)N3CCOCC3)cc2)o1)C(=O)Nc1cc(Cl)cc(Cl)c1. The van der Waals surface area contributed by atoms with Crippen LogP contribution in [-0.4, -0.2) is 44.9 Å². The van der Waals surface area contributed by atoms with Gasteiger partial charge in [-0.15, -0.1) is 0 Å². The molecule has 35 heavy (non-hydrogen) atoms. The summed E-state index contributed by atoms with van der Waals surface area (Å²) in [6.07, 6.45) is 1.31. The quantitative estimate of drug-likeness (QED) is 0.360. The molecule has 11 heteroatoms. The number of nitrogens with zero attached hydrogens (tertiary/aromatic N) is 2. The fourth-order valence-electron chi connectivity index (χ4n) is 3.43. The van der Waals surface area contributed by atoms with Crippen molar-refractivity contribution in [1.29, 1.82) is 5.26 Å². The zero-order valence-electron chi connectivity index (χ0n) is 18.2. The molecule has 1 aliphatic rings. The Morgan fingerprint density at radius 1 is 1.03 bits per heavy atom. The standard InChI is InChI=1S/C24H19Cl2N3O5S/c25-18-12-19(26)14-20(13-18)28-24(30)17(15-27)11-21-3-6-23(34-21)16-1-4-22(5-2-16)35(31,32)29-7-9-33-10-8-29/h1-6,11-14H,7-10H2,(H,28,30). The maximum absolute atomic E-state index is 12.8. The van der Waals surface area contributed by atoms with Gasteiger partial charge in [0.25, 0.3) is 5.91 Å². The number of anilines is 1. The lowest BCUT2D eigenvalue weighted by atomic mass is 10.2. The third-order valence-electron chi connectivity index (χ3n) is 5.15. The van der Waals surface area contributed by atoms with Gasteiger partial charge in [0.2, 0.25) is 10.0 Å².